The molecule has 5 heteroatoms. The summed E-state index contributed by atoms with van der Waals surface area (Å²) < 4.78 is 1.77. The average molecular weight is 254 g/mol. The summed E-state index contributed by atoms with van der Waals surface area (Å²) in [5, 5.41) is 5.41. The van der Waals surface area contributed by atoms with Crippen LogP contribution in [0.5, 0.6) is 0 Å². The third-order valence-corrected chi connectivity index (χ3v) is 2.89. The first kappa shape index (κ1) is 10.9. The molecule has 0 spiro atoms. The molecule has 2 heterocycles. The molecule has 0 bridgehead atoms. The fraction of sp³-hybridized carbons (Fsp3) is 0. The molecule has 0 saturated heterocycles. The number of hydrogen-bond acceptors (Lipinski definition) is 3. The van der Waals surface area contributed by atoms with Crippen LogP contribution in [-0.4, -0.2) is 19.8 Å². The molecule has 0 amide bonds. The van der Waals surface area contributed by atoms with E-state index in [1.54, 1.807) is 10.7 Å². The van der Waals surface area contributed by atoms with Crippen LogP contribution in [-0.2, 0) is 0 Å². The molecule has 3 aromatic rings. The Morgan fingerprint density at radius 1 is 1.11 bits per heavy atom. The molecule has 0 aliphatic heterocycles. The van der Waals surface area contributed by atoms with E-state index in [1.165, 1.54) is 0 Å². The van der Waals surface area contributed by atoms with Crippen molar-refractivity contribution in [1.29, 1.82) is 0 Å². The van der Waals surface area contributed by atoms with Crippen molar-refractivity contribution in [2.75, 3.05) is 0 Å². The van der Waals surface area contributed by atoms with Gasteiger partial charge < -0.3 is 5.73 Å². The Morgan fingerprint density at radius 2 is 1.94 bits per heavy atom. The van der Waals surface area contributed by atoms with E-state index in [4.69, 9.17) is 18.0 Å². The van der Waals surface area contributed by atoms with Crippen LogP contribution >= 0.6 is 12.2 Å². The van der Waals surface area contributed by atoms with E-state index in [2.05, 4.69) is 10.1 Å². The van der Waals surface area contributed by atoms with Gasteiger partial charge >= 0.3 is 0 Å². The lowest BCUT2D eigenvalue weighted by Crippen LogP contribution is -2.13. The summed E-state index contributed by atoms with van der Waals surface area (Å²) in [5.41, 5.74) is 7.19. The minimum atomic E-state index is 0.285. The number of pyridine rings is 1. The molecule has 2 N–H and O–H groups in total. The standard InChI is InChI=1S/C13H10N4S/c14-13(18)10-5-3-7-12(16-10)17-11-6-2-1-4-9(11)8-15-17/h1-8H,(H2,14,18). The summed E-state index contributed by atoms with van der Waals surface area (Å²) in [6.07, 6.45) is 1.81. The van der Waals surface area contributed by atoms with Crippen LogP contribution in [0.4, 0.5) is 0 Å². The molecular formula is C13H10N4S. The van der Waals surface area contributed by atoms with Crippen molar-refractivity contribution in [2.24, 2.45) is 5.73 Å². The number of rotatable bonds is 2. The van der Waals surface area contributed by atoms with Gasteiger partial charge in [-0.25, -0.2) is 9.67 Å². The molecule has 4 nitrogen and oxygen atoms in total. The Morgan fingerprint density at radius 3 is 2.78 bits per heavy atom. The van der Waals surface area contributed by atoms with Gasteiger partial charge in [-0.15, -0.1) is 0 Å². The summed E-state index contributed by atoms with van der Waals surface area (Å²) in [5.74, 6) is 0.710. The third kappa shape index (κ3) is 1.74. The minimum Gasteiger partial charge on any atom is -0.388 e. The third-order valence-electron chi connectivity index (χ3n) is 2.68. The second-order valence-electron chi connectivity index (χ2n) is 3.86. The summed E-state index contributed by atoms with van der Waals surface area (Å²) in [6.45, 7) is 0. The van der Waals surface area contributed by atoms with Gasteiger partial charge in [0.15, 0.2) is 5.82 Å². The van der Waals surface area contributed by atoms with E-state index >= 15 is 0 Å². The molecule has 0 saturated carbocycles. The number of thiocarbonyl (C=S) groups is 1. The highest BCUT2D eigenvalue weighted by atomic mass is 32.1. The molecule has 0 radical (unpaired) electrons. The predicted molar refractivity (Wildman–Crippen MR) is 74.8 cm³/mol. The Bertz CT molecular complexity index is 732. The van der Waals surface area contributed by atoms with Crippen molar-refractivity contribution in [3.05, 3.63) is 54.4 Å². The highest BCUT2D eigenvalue weighted by Gasteiger charge is 2.06. The zero-order valence-corrected chi connectivity index (χ0v) is 10.3. The highest BCUT2D eigenvalue weighted by molar-refractivity contribution is 7.80. The van der Waals surface area contributed by atoms with Crippen molar-refractivity contribution in [2.45, 2.75) is 0 Å². The van der Waals surface area contributed by atoms with Crippen LogP contribution in [0.15, 0.2) is 48.7 Å². The fourth-order valence-corrected chi connectivity index (χ4v) is 1.95. The Kier molecular flexibility index (Phi) is 2.53. The molecule has 88 valence electrons. The van der Waals surface area contributed by atoms with Gasteiger partial charge in [0, 0.05) is 5.39 Å². The topological polar surface area (TPSA) is 56.7 Å². The van der Waals surface area contributed by atoms with Gasteiger partial charge in [0.1, 0.15) is 4.99 Å². The number of fused-ring (bicyclic) bond motifs is 1. The van der Waals surface area contributed by atoms with Gasteiger partial charge in [-0.3, -0.25) is 0 Å². The zero-order chi connectivity index (χ0) is 12.5. The molecule has 0 aliphatic carbocycles. The second-order valence-corrected chi connectivity index (χ2v) is 4.30. The Labute approximate surface area is 109 Å². The molecule has 0 aliphatic rings. The molecule has 0 fully saturated rings. The highest BCUT2D eigenvalue weighted by Crippen LogP contribution is 2.16. The summed E-state index contributed by atoms with van der Waals surface area (Å²) in [7, 11) is 0. The van der Waals surface area contributed by atoms with Gasteiger partial charge in [0.25, 0.3) is 0 Å². The van der Waals surface area contributed by atoms with Crippen LogP contribution in [0.3, 0.4) is 0 Å². The minimum absolute atomic E-state index is 0.285. The largest absolute Gasteiger partial charge is 0.388 e. The predicted octanol–water partition coefficient (Wildman–Crippen LogP) is 2.05. The van der Waals surface area contributed by atoms with Gasteiger partial charge in [-0.2, -0.15) is 5.10 Å². The number of nitrogens with zero attached hydrogens (tertiary/aromatic N) is 3. The van der Waals surface area contributed by atoms with Crippen molar-refractivity contribution in [1.82, 2.24) is 14.8 Å². The van der Waals surface area contributed by atoms with Crippen molar-refractivity contribution in [3.8, 4) is 5.82 Å². The number of aromatic nitrogens is 3. The first-order chi connectivity index (χ1) is 8.75. The quantitative estimate of drug-likeness (QED) is 0.711. The van der Waals surface area contributed by atoms with E-state index in [1.807, 2.05) is 42.6 Å². The van der Waals surface area contributed by atoms with Crippen LogP contribution in [0.2, 0.25) is 0 Å². The molecule has 0 atom stereocenters. The smallest absolute Gasteiger partial charge is 0.154 e. The van der Waals surface area contributed by atoms with Crippen LogP contribution in [0.1, 0.15) is 5.69 Å². The van der Waals surface area contributed by atoms with Gasteiger partial charge in [0.2, 0.25) is 0 Å². The molecule has 2 aromatic heterocycles. The maximum Gasteiger partial charge on any atom is 0.154 e. The number of hydrogen-bond donors (Lipinski definition) is 1. The fourth-order valence-electron chi connectivity index (χ4n) is 1.83. The average Bonchev–Trinajstić information content (AvgIpc) is 2.82. The van der Waals surface area contributed by atoms with E-state index in [-0.39, 0.29) is 4.99 Å². The molecule has 18 heavy (non-hydrogen) atoms. The summed E-state index contributed by atoms with van der Waals surface area (Å²) in [6, 6.07) is 13.5. The lowest BCUT2D eigenvalue weighted by Gasteiger charge is -2.04. The Balaban J connectivity index is 2.20. The van der Waals surface area contributed by atoms with Crippen LogP contribution in [0.25, 0.3) is 16.7 Å². The first-order valence-electron chi connectivity index (χ1n) is 5.46. The van der Waals surface area contributed by atoms with E-state index in [9.17, 15) is 0 Å². The molecule has 1 aromatic carbocycles. The second kappa shape index (κ2) is 4.19. The Hall–Kier alpha value is -2.27. The van der Waals surface area contributed by atoms with Gasteiger partial charge in [0.05, 0.1) is 17.4 Å². The van der Waals surface area contributed by atoms with Crippen molar-refractivity contribution >= 4 is 28.1 Å². The normalized spacial score (nSPS) is 10.7. The van der Waals surface area contributed by atoms with E-state index < -0.39 is 0 Å². The SMILES string of the molecule is NC(=S)c1cccc(-n2ncc3ccccc32)n1. The van der Waals surface area contributed by atoms with Crippen molar-refractivity contribution in [3.63, 3.8) is 0 Å². The molecule has 3 rings (SSSR count). The maximum absolute atomic E-state index is 5.59. The monoisotopic (exact) mass is 254 g/mol. The van der Waals surface area contributed by atoms with Crippen LogP contribution in [0, 0.1) is 0 Å². The number of benzene rings is 1. The number of para-hydroxylation sites is 1. The maximum atomic E-state index is 5.59. The number of nitrogens with two attached hydrogens (primary N) is 1. The van der Waals surface area contributed by atoms with Gasteiger partial charge in [-0.1, -0.05) is 36.5 Å². The van der Waals surface area contributed by atoms with E-state index in [0.717, 1.165) is 10.9 Å². The lowest BCUT2D eigenvalue weighted by molar-refractivity contribution is 0.873. The van der Waals surface area contributed by atoms with Crippen molar-refractivity contribution < 1.29 is 0 Å². The summed E-state index contributed by atoms with van der Waals surface area (Å²) in [4.78, 5) is 4.68. The summed E-state index contributed by atoms with van der Waals surface area (Å²) >= 11 is 4.93. The lowest BCUT2D eigenvalue weighted by atomic mass is 10.2. The molecular weight excluding hydrogens is 244 g/mol. The van der Waals surface area contributed by atoms with Crippen LogP contribution < -0.4 is 5.73 Å². The van der Waals surface area contributed by atoms with Gasteiger partial charge in [-0.05, 0) is 18.2 Å². The molecule has 0 unspecified atom stereocenters. The zero-order valence-electron chi connectivity index (χ0n) is 9.45. The van der Waals surface area contributed by atoms with E-state index in [0.29, 0.717) is 11.5 Å². The first-order valence-corrected chi connectivity index (χ1v) is 5.86.